The van der Waals surface area contributed by atoms with Crippen LogP contribution >= 0.6 is 15.9 Å². The maximum absolute atomic E-state index is 11.5. The van der Waals surface area contributed by atoms with Gasteiger partial charge in [0.15, 0.2) is 0 Å². The predicted octanol–water partition coefficient (Wildman–Crippen LogP) is 3.38. The third-order valence-electron chi connectivity index (χ3n) is 4.44. The number of ether oxygens (including phenoxy) is 1. The first-order chi connectivity index (χ1) is 11.7. The lowest BCUT2D eigenvalue weighted by atomic mass is 9.80. The zero-order valence-corrected chi connectivity index (χ0v) is 14.6. The van der Waals surface area contributed by atoms with E-state index in [1.54, 1.807) is 12.4 Å². The fourth-order valence-corrected chi connectivity index (χ4v) is 3.44. The van der Waals surface area contributed by atoms with Crippen LogP contribution in [0.1, 0.15) is 18.9 Å². The number of hydrogen-bond acceptors (Lipinski definition) is 5. The Hall–Kier alpha value is -2.28. The molecule has 1 saturated carbocycles. The number of esters is 1. The summed E-state index contributed by atoms with van der Waals surface area (Å²) >= 11 is 3.48. The van der Waals surface area contributed by atoms with Crippen molar-refractivity contribution in [3.63, 3.8) is 0 Å². The quantitative estimate of drug-likeness (QED) is 0.645. The summed E-state index contributed by atoms with van der Waals surface area (Å²) in [7, 11) is 1.43. The van der Waals surface area contributed by atoms with Gasteiger partial charge in [-0.05, 0) is 40.9 Å². The van der Waals surface area contributed by atoms with Gasteiger partial charge in [0, 0.05) is 16.2 Å². The predicted molar refractivity (Wildman–Crippen MR) is 92.2 cm³/mol. The largest absolute Gasteiger partial charge is 0.469 e. The number of hydrogen-bond donors (Lipinski definition) is 0. The summed E-state index contributed by atoms with van der Waals surface area (Å²) in [5.41, 5.74) is 3.39. The number of para-hydroxylation sites is 1. The van der Waals surface area contributed by atoms with Crippen molar-refractivity contribution in [2.45, 2.75) is 18.9 Å². The van der Waals surface area contributed by atoms with Gasteiger partial charge in [-0.15, -0.1) is 0 Å². The van der Waals surface area contributed by atoms with Crippen molar-refractivity contribution in [2.24, 2.45) is 5.92 Å². The van der Waals surface area contributed by atoms with Gasteiger partial charge < -0.3 is 4.74 Å². The second kappa shape index (κ2) is 5.98. The Bertz CT molecular complexity index is 918. The molecule has 0 spiro atoms. The number of aromatic nitrogens is 4. The summed E-state index contributed by atoms with van der Waals surface area (Å²) in [6, 6.07) is 6.07. The molecule has 0 bridgehead atoms. The summed E-state index contributed by atoms with van der Waals surface area (Å²) in [5.74, 6) is -0.143. The molecule has 24 heavy (non-hydrogen) atoms. The number of methoxy groups -OCH3 is 1. The van der Waals surface area contributed by atoms with Crippen molar-refractivity contribution in [1.29, 1.82) is 0 Å². The Kier molecular flexibility index (Phi) is 3.80. The molecule has 2 heterocycles. The highest BCUT2D eigenvalue weighted by atomic mass is 79.9. The van der Waals surface area contributed by atoms with Crippen LogP contribution in [0.15, 0.2) is 41.3 Å². The van der Waals surface area contributed by atoms with E-state index in [0.29, 0.717) is 0 Å². The smallest absolute Gasteiger partial charge is 0.308 e. The van der Waals surface area contributed by atoms with Gasteiger partial charge in [0.05, 0.1) is 42.7 Å². The highest BCUT2D eigenvalue weighted by Gasteiger charge is 2.36. The van der Waals surface area contributed by atoms with Gasteiger partial charge in [0.2, 0.25) is 0 Å². The molecular formula is C17H15BrN4O2. The van der Waals surface area contributed by atoms with Crippen molar-refractivity contribution in [1.82, 2.24) is 19.7 Å². The number of benzene rings is 1. The fraction of sp³-hybridized carbons (Fsp3) is 0.294. The Morgan fingerprint density at radius 2 is 2.17 bits per heavy atom. The molecule has 7 heteroatoms. The zero-order chi connectivity index (χ0) is 16.7. The highest BCUT2D eigenvalue weighted by Crippen LogP contribution is 2.38. The molecule has 1 aromatic carbocycles. The lowest BCUT2D eigenvalue weighted by molar-refractivity contribution is -0.149. The highest BCUT2D eigenvalue weighted by molar-refractivity contribution is 9.10. The van der Waals surface area contributed by atoms with Crippen LogP contribution in [-0.2, 0) is 9.53 Å². The summed E-state index contributed by atoms with van der Waals surface area (Å²) in [4.78, 5) is 20.6. The van der Waals surface area contributed by atoms with Gasteiger partial charge in [0.1, 0.15) is 5.52 Å². The molecule has 0 amide bonds. The molecule has 6 nitrogen and oxygen atoms in total. The van der Waals surface area contributed by atoms with Crippen LogP contribution in [-0.4, -0.2) is 32.8 Å². The lowest BCUT2D eigenvalue weighted by Gasteiger charge is -2.33. The van der Waals surface area contributed by atoms with E-state index in [1.165, 1.54) is 7.11 Å². The molecule has 1 aliphatic carbocycles. The van der Waals surface area contributed by atoms with Gasteiger partial charge >= 0.3 is 5.97 Å². The maximum atomic E-state index is 11.5. The number of carbonyl (C=O) groups excluding carboxylic acids is 1. The average molecular weight is 387 g/mol. The number of nitrogens with zero attached hydrogens (tertiary/aromatic N) is 4. The number of carbonyl (C=O) groups is 1. The second-order valence-corrected chi connectivity index (χ2v) is 6.77. The molecule has 0 saturated heterocycles. The first kappa shape index (κ1) is 15.3. The monoisotopic (exact) mass is 386 g/mol. The standard InChI is InChI=1S/C17H15BrN4O2/c1-24-17(23)10-5-12(6-10)22-9-11(7-20-22)15-8-19-16-13(18)3-2-4-14(16)21-15/h2-4,7-10,12H,5-6H2,1H3. The normalized spacial score (nSPS) is 19.9. The number of fused-ring (bicyclic) bond motifs is 1. The SMILES string of the molecule is COC(=O)C1CC(n2cc(-c3cnc4c(Br)cccc4n3)cn2)C1. The molecule has 3 aromatic rings. The number of rotatable bonds is 3. The molecule has 122 valence electrons. The van der Waals surface area contributed by atoms with E-state index in [1.807, 2.05) is 29.1 Å². The first-order valence-corrected chi connectivity index (χ1v) is 8.48. The van der Waals surface area contributed by atoms with E-state index in [2.05, 4.69) is 31.0 Å². The van der Waals surface area contributed by atoms with Gasteiger partial charge in [-0.25, -0.2) is 4.98 Å². The van der Waals surface area contributed by atoms with Crippen molar-refractivity contribution < 1.29 is 9.53 Å². The van der Waals surface area contributed by atoms with Crippen LogP contribution in [0.4, 0.5) is 0 Å². The average Bonchev–Trinajstić information content (AvgIpc) is 3.02. The second-order valence-electron chi connectivity index (χ2n) is 5.92. The molecule has 0 atom stereocenters. The molecule has 1 fully saturated rings. The third kappa shape index (κ3) is 2.58. The molecular weight excluding hydrogens is 372 g/mol. The Labute approximate surface area is 147 Å². The molecule has 0 radical (unpaired) electrons. The van der Waals surface area contributed by atoms with E-state index in [9.17, 15) is 4.79 Å². The van der Waals surface area contributed by atoms with Crippen LogP contribution in [0.3, 0.4) is 0 Å². The van der Waals surface area contributed by atoms with Crippen molar-refractivity contribution in [2.75, 3.05) is 7.11 Å². The number of halogens is 1. The fourth-order valence-electron chi connectivity index (χ4n) is 2.98. The molecule has 1 aliphatic rings. The lowest BCUT2D eigenvalue weighted by Crippen LogP contribution is -2.33. The minimum absolute atomic E-state index is 0.00883. The van der Waals surface area contributed by atoms with Gasteiger partial charge in [-0.3, -0.25) is 14.5 Å². The summed E-state index contributed by atoms with van der Waals surface area (Å²) in [6.45, 7) is 0. The summed E-state index contributed by atoms with van der Waals surface area (Å²) < 4.78 is 7.61. The molecule has 2 aromatic heterocycles. The molecule has 0 aliphatic heterocycles. The molecule has 4 rings (SSSR count). The Morgan fingerprint density at radius 1 is 1.33 bits per heavy atom. The van der Waals surface area contributed by atoms with Gasteiger partial charge in [-0.2, -0.15) is 5.10 Å². The molecule has 0 N–H and O–H groups in total. The van der Waals surface area contributed by atoms with Crippen LogP contribution in [0.5, 0.6) is 0 Å². The van der Waals surface area contributed by atoms with Crippen LogP contribution < -0.4 is 0 Å². The Balaban J connectivity index is 1.56. The van der Waals surface area contributed by atoms with E-state index >= 15 is 0 Å². The van der Waals surface area contributed by atoms with Gasteiger partial charge in [-0.1, -0.05) is 6.07 Å². The summed E-state index contributed by atoms with van der Waals surface area (Å²) in [6.07, 6.45) is 7.05. The zero-order valence-electron chi connectivity index (χ0n) is 13.0. The van der Waals surface area contributed by atoms with Crippen molar-refractivity contribution in [3.05, 3.63) is 41.3 Å². The van der Waals surface area contributed by atoms with E-state index in [-0.39, 0.29) is 17.9 Å². The first-order valence-electron chi connectivity index (χ1n) is 7.69. The maximum Gasteiger partial charge on any atom is 0.308 e. The summed E-state index contributed by atoms with van der Waals surface area (Å²) in [5, 5.41) is 4.42. The van der Waals surface area contributed by atoms with E-state index in [0.717, 1.165) is 39.6 Å². The van der Waals surface area contributed by atoms with Crippen molar-refractivity contribution in [3.8, 4) is 11.3 Å². The van der Waals surface area contributed by atoms with E-state index in [4.69, 9.17) is 4.74 Å². The minimum atomic E-state index is -0.135. The van der Waals surface area contributed by atoms with Crippen LogP contribution in [0.25, 0.3) is 22.3 Å². The minimum Gasteiger partial charge on any atom is -0.469 e. The van der Waals surface area contributed by atoms with E-state index < -0.39 is 0 Å². The Morgan fingerprint density at radius 3 is 2.96 bits per heavy atom. The van der Waals surface area contributed by atoms with Gasteiger partial charge in [0.25, 0.3) is 0 Å². The topological polar surface area (TPSA) is 69.9 Å². The van der Waals surface area contributed by atoms with Crippen molar-refractivity contribution >= 4 is 32.9 Å². The van der Waals surface area contributed by atoms with Crippen LogP contribution in [0.2, 0.25) is 0 Å². The van der Waals surface area contributed by atoms with Crippen LogP contribution in [0, 0.1) is 5.92 Å². The molecule has 0 unspecified atom stereocenters. The third-order valence-corrected chi connectivity index (χ3v) is 5.08.